The van der Waals surface area contributed by atoms with Gasteiger partial charge in [-0.05, 0) is 12.1 Å². The molecule has 0 N–H and O–H groups in total. The molecule has 2 rings (SSSR count). The Bertz CT molecular complexity index is 572. The van der Waals surface area contributed by atoms with E-state index in [1.54, 1.807) is 30.2 Å². The van der Waals surface area contributed by atoms with Gasteiger partial charge in [-0.3, -0.25) is 14.5 Å². The molecule has 0 saturated carbocycles. The summed E-state index contributed by atoms with van der Waals surface area (Å²) < 4.78 is 15.3. The van der Waals surface area contributed by atoms with E-state index in [9.17, 15) is 9.59 Å². The number of hydrogen-bond donors (Lipinski definition) is 0. The lowest BCUT2D eigenvalue weighted by Crippen LogP contribution is -2.43. The van der Waals surface area contributed by atoms with Crippen LogP contribution in [0.5, 0.6) is 5.75 Å². The normalized spacial score (nSPS) is 14.8. The standard InChI is InChI=1S/C18H26N2O5/c1-23-16-6-4-3-5-15(16)18(22)20(8-7-17(21)24-2)10-9-19-11-13-25-14-12-19/h3-6H,7-14H2,1-2H3. The number of carbonyl (C=O) groups excluding carboxylic acids is 2. The predicted octanol–water partition coefficient (Wildman–Crippen LogP) is 1.03. The monoisotopic (exact) mass is 350 g/mol. The van der Waals surface area contributed by atoms with Gasteiger partial charge < -0.3 is 19.1 Å². The third-order valence-electron chi connectivity index (χ3n) is 4.23. The Kier molecular flexibility index (Phi) is 7.69. The first-order valence-corrected chi connectivity index (χ1v) is 8.45. The van der Waals surface area contributed by atoms with Gasteiger partial charge in [-0.15, -0.1) is 0 Å². The zero-order chi connectivity index (χ0) is 18.1. The summed E-state index contributed by atoms with van der Waals surface area (Å²) in [7, 11) is 2.89. The summed E-state index contributed by atoms with van der Waals surface area (Å²) in [5.41, 5.74) is 0.497. The number of ether oxygens (including phenoxy) is 3. The van der Waals surface area contributed by atoms with Crippen molar-refractivity contribution in [3.05, 3.63) is 29.8 Å². The summed E-state index contributed by atoms with van der Waals surface area (Å²) in [4.78, 5) is 28.4. The Labute approximate surface area is 148 Å². The molecule has 138 valence electrons. The zero-order valence-electron chi connectivity index (χ0n) is 14.9. The van der Waals surface area contributed by atoms with Crippen LogP contribution in [0.4, 0.5) is 0 Å². The summed E-state index contributed by atoms with van der Waals surface area (Å²) in [6.07, 6.45) is 0.167. The molecule has 1 aromatic carbocycles. The molecule has 0 radical (unpaired) electrons. The maximum Gasteiger partial charge on any atom is 0.307 e. The van der Waals surface area contributed by atoms with Crippen LogP contribution in [0.15, 0.2) is 24.3 Å². The molecule has 0 aromatic heterocycles. The lowest BCUT2D eigenvalue weighted by atomic mass is 10.1. The highest BCUT2D eigenvalue weighted by Crippen LogP contribution is 2.19. The molecule has 1 aromatic rings. The lowest BCUT2D eigenvalue weighted by Gasteiger charge is -2.30. The van der Waals surface area contributed by atoms with Crippen LogP contribution in [-0.2, 0) is 14.3 Å². The summed E-state index contributed by atoms with van der Waals surface area (Å²) in [5, 5.41) is 0. The average Bonchev–Trinajstić information content (AvgIpc) is 2.68. The Morgan fingerprint density at radius 3 is 2.56 bits per heavy atom. The highest BCUT2D eigenvalue weighted by Gasteiger charge is 2.21. The Balaban J connectivity index is 2.05. The van der Waals surface area contributed by atoms with Crippen molar-refractivity contribution in [2.45, 2.75) is 6.42 Å². The molecule has 0 bridgehead atoms. The molecule has 0 unspecified atom stereocenters. The molecule has 25 heavy (non-hydrogen) atoms. The fourth-order valence-corrected chi connectivity index (χ4v) is 2.72. The number of esters is 1. The third kappa shape index (κ3) is 5.72. The van der Waals surface area contributed by atoms with E-state index in [2.05, 4.69) is 4.90 Å². The van der Waals surface area contributed by atoms with Gasteiger partial charge in [0.05, 0.1) is 39.4 Å². The molecule has 1 fully saturated rings. The smallest absolute Gasteiger partial charge is 0.307 e. The van der Waals surface area contributed by atoms with Gasteiger partial charge >= 0.3 is 5.97 Å². The van der Waals surface area contributed by atoms with E-state index in [-0.39, 0.29) is 18.3 Å². The van der Waals surface area contributed by atoms with Gasteiger partial charge in [0, 0.05) is 32.7 Å². The second kappa shape index (κ2) is 10.0. The van der Waals surface area contributed by atoms with Gasteiger partial charge in [0.2, 0.25) is 0 Å². The topological polar surface area (TPSA) is 68.3 Å². The van der Waals surface area contributed by atoms with Crippen LogP contribution in [0, 0.1) is 0 Å². The van der Waals surface area contributed by atoms with Crippen LogP contribution >= 0.6 is 0 Å². The third-order valence-corrected chi connectivity index (χ3v) is 4.23. The van der Waals surface area contributed by atoms with Gasteiger partial charge in [-0.2, -0.15) is 0 Å². The first-order valence-electron chi connectivity index (χ1n) is 8.45. The second-order valence-corrected chi connectivity index (χ2v) is 5.77. The van der Waals surface area contributed by atoms with Crippen molar-refractivity contribution in [1.82, 2.24) is 9.80 Å². The number of morpholine rings is 1. The van der Waals surface area contributed by atoms with Crippen LogP contribution < -0.4 is 4.74 Å². The Morgan fingerprint density at radius 2 is 1.88 bits per heavy atom. The number of hydrogen-bond acceptors (Lipinski definition) is 6. The van der Waals surface area contributed by atoms with Gasteiger partial charge in [0.1, 0.15) is 5.75 Å². The molecule has 0 aliphatic carbocycles. The number of benzene rings is 1. The molecule has 7 nitrogen and oxygen atoms in total. The van der Waals surface area contributed by atoms with Gasteiger partial charge in [0.25, 0.3) is 5.91 Å². The highest BCUT2D eigenvalue weighted by atomic mass is 16.5. The summed E-state index contributed by atoms with van der Waals surface area (Å²) in [6, 6.07) is 7.12. The largest absolute Gasteiger partial charge is 0.496 e. The van der Waals surface area contributed by atoms with Crippen LogP contribution in [0.2, 0.25) is 0 Å². The van der Waals surface area contributed by atoms with E-state index in [0.29, 0.717) is 37.6 Å². The summed E-state index contributed by atoms with van der Waals surface area (Å²) >= 11 is 0. The predicted molar refractivity (Wildman–Crippen MR) is 92.8 cm³/mol. The maximum atomic E-state index is 12.9. The Morgan fingerprint density at radius 1 is 1.16 bits per heavy atom. The maximum absolute atomic E-state index is 12.9. The highest BCUT2D eigenvalue weighted by molar-refractivity contribution is 5.97. The number of amides is 1. The quantitative estimate of drug-likeness (QED) is 0.653. The molecule has 0 spiro atoms. The van der Waals surface area contributed by atoms with E-state index in [1.807, 2.05) is 6.07 Å². The van der Waals surface area contributed by atoms with E-state index >= 15 is 0 Å². The summed E-state index contributed by atoms with van der Waals surface area (Å²) in [5.74, 6) is 0.0563. The number of carbonyl (C=O) groups is 2. The van der Waals surface area contributed by atoms with Crippen LogP contribution in [0.3, 0.4) is 0 Å². The van der Waals surface area contributed by atoms with Crippen molar-refractivity contribution in [1.29, 1.82) is 0 Å². The fourth-order valence-electron chi connectivity index (χ4n) is 2.72. The van der Waals surface area contributed by atoms with Crippen LogP contribution in [0.25, 0.3) is 0 Å². The number of nitrogens with zero attached hydrogens (tertiary/aromatic N) is 2. The van der Waals surface area contributed by atoms with Crippen molar-refractivity contribution in [2.75, 3.05) is 60.2 Å². The molecule has 7 heteroatoms. The first kappa shape index (κ1) is 19.2. The molecule has 1 heterocycles. The molecular weight excluding hydrogens is 324 g/mol. The van der Waals surface area contributed by atoms with E-state index in [0.717, 1.165) is 19.6 Å². The molecule has 1 amide bonds. The first-order chi connectivity index (χ1) is 12.2. The van der Waals surface area contributed by atoms with Gasteiger partial charge in [-0.1, -0.05) is 12.1 Å². The van der Waals surface area contributed by atoms with Crippen LogP contribution in [-0.4, -0.2) is 81.8 Å². The van der Waals surface area contributed by atoms with Crippen LogP contribution in [0.1, 0.15) is 16.8 Å². The fraction of sp³-hybridized carbons (Fsp3) is 0.556. The van der Waals surface area contributed by atoms with Crippen molar-refractivity contribution in [3.8, 4) is 5.75 Å². The number of rotatable bonds is 8. The van der Waals surface area contributed by atoms with Crippen molar-refractivity contribution < 1.29 is 23.8 Å². The summed E-state index contributed by atoms with van der Waals surface area (Å²) in [6.45, 7) is 4.72. The zero-order valence-corrected chi connectivity index (χ0v) is 14.9. The van der Waals surface area contributed by atoms with Crippen molar-refractivity contribution in [2.24, 2.45) is 0 Å². The SMILES string of the molecule is COC(=O)CCN(CCN1CCOCC1)C(=O)c1ccccc1OC. The van der Waals surface area contributed by atoms with Gasteiger partial charge in [0.15, 0.2) is 0 Å². The van der Waals surface area contributed by atoms with Gasteiger partial charge in [-0.25, -0.2) is 0 Å². The lowest BCUT2D eigenvalue weighted by molar-refractivity contribution is -0.140. The molecular formula is C18H26N2O5. The molecule has 1 aliphatic rings. The molecule has 0 atom stereocenters. The Hall–Kier alpha value is -2.12. The number of methoxy groups -OCH3 is 2. The van der Waals surface area contributed by atoms with E-state index in [1.165, 1.54) is 7.11 Å². The van der Waals surface area contributed by atoms with E-state index in [4.69, 9.17) is 14.2 Å². The minimum atomic E-state index is -0.329. The minimum Gasteiger partial charge on any atom is -0.496 e. The second-order valence-electron chi connectivity index (χ2n) is 5.77. The molecule has 1 saturated heterocycles. The average molecular weight is 350 g/mol. The minimum absolute atomic E-state index is 0.144. The van der Waals surface area contributed by atoms with Crippen molar-refractivity contribution in [3.63, 3.8) is 0 Å². The van der Waals surface area contributed by atoms with Crippen molar-refractivity contribution >= 4 is 11.9 Å². The number of para-hydroxylation sites is 1. The van der Waals surface area contributed by atoms with E-state index < -0.39 is 0 Å². The molecule has 1 aliphatic heterocycles.